The highest BCUT2D eigenvalue weighted by Gasteiger charge is 2.20. The van der Waals surface area contributed by atoms with Crippen LogP contribution in [0.3, 0.4) is 0 Å². The number of hydrogen-bond acceptors (Lipinski definition) is 0. The highest BCUT2D eigenvalue weighted by Crippen LogP contribution is 2.36. The summed E-state index contributed by atoms with van der Waals surface area (Å²) >= 11 is 0. The van der Waals surface area contributed by atoms with Gasteiger partial charge in [-0.3, -0.25) is 0 Å². The van der Waals surface area contributed by atoms with E-state index in [2.05, 4.69) is 66.4 Å². The Balaban J connectivity index is 0.000000830. The van der Waals surface area contributed by atoms with E-state index in [1.54, 1.807) is 5.56 Å². The largest absolute Gasteiger partial charge is 0.138 e. The molecule has 1 aliphatic carbocycles. The van der Waals surface area contributed by atoms with Gasteiger partial charge in [0, 0.05) is 1.43 Å². The third-order valence-corrected chi connectivity index (χ3v) is 3.79. The summed E-state index contributed by atoms with van der Waals surface area (Å²) in [6.07, 6.45) is 11.2. The van der Waals surface area contributed by atoms with Crippen LogP contribution in [-0.4, -0.2) is 6.16 Å². The fraction of sp³-hybridized carbons (Fsp3) is 0.556. The molecule has 0 aliphatic heterocycles. The summed E-state index contributed by atoms with van der Waals surface area (Å²) in [4.78, 5) is 0. The fourth-order valence-electron chi connectivity index (χ4n) is 2.76. The Morgan fingerprint density at radius 3 is 2.16 bits per heavy atom. The van der Waals surface area contributed by atoms with E-state index in [4.69, 9.17) is 0 Å². The Morgan fingerprint density at radius 2 is 1.68 bits per heavy atom. The topological polar surface area (TPSA) is 0 Å². The van der Waals surface area contributed by atoms with Crippen molar-refractivity contribution in [2.45, 2.75) is 52.4 Å². The molecule has 1 fully saturated rings. The van der Waals surface area contributed by atoms with E-state index in [1.165, 1.54) is 37.4 Å². The normalized spacial score (nSPS) is 22.9. The molecule has 0 amide bonds. The molecule has 0 aromatic heterocycles. The maximum absolute atomic E-state index is 2.58. The zero-order chi connectivity index (χ0) is 14.1. The highest BCUT2D eigenvalue weighted by atomic mass is 31.0. The summed E-state index contributed by atoms with van der Waals surface area (Å²) < 4.78 is 0. The molecule has 1 aliphatic rings. The van der Waals surface area contributed by atoms with Crippen LogP contribution in [0.5, 0.6) is 0 Å². The maximum atomic E-state index is 2.58. The van der Waals surface area contributed by atoms with Gasteiger partial charge in [0.2, 0.25) is 0 Å². The number of benzene rings is 1. The van der Waals surface area contributed by atoms with Gasteiger partial charge in [0.05, 0.1) is 0 Å². The Kier molecular flexibility index (Phi) is 8.07. The van der Waals surface area contributed by atoms with Gasteiger partial charge < -0.3 is 0 Å². The minimum Gasteiger partial charge on any atom is -0.138 e. The first-order valence-corrected chi connectivity index (χ1v) is 8.42. The van der Waals surface area contributed by atoms with Crippen LogP contribution in [0.2, 0.25) is 0 Å². The lowest BCUT2D eigenvalue weighted by atomic mass is 9.78. The molecular weight excluding hydrogens is 247 g/mol. The predicted molar refractivity (Wildman–Crippen MR) is 93.1 cm³/mol. The Labute approximate surface area is 123 Å². The lowest BCUT2D eigenvalue weighted by Crippen LogP contribution is -2.11. The van der Waals surface area contributed by atoms with Crippen LogP contribution < -0.4 is 0 Å². The van der Waals surface area contributed by atoms with Gasteiger partial charge in [-0.25, -0.2) is 0 Å². The van der Waals surface area contributed by atoms with Crippen molar-refractivity contribution < 1.29 is 1.43 Å². The average molecular weight is 278 g/mol. The number of allylic oxidation sites excluding steroid dienone is 2. The van der Waals surface area contributed by atoms with Crippen LogP contribution in [0.4, 0.5) is 0 Å². The molecule has 0 heterocycles. The molecule has 2 rings (SSSR count). The Morgan fingerprint density at radius 1 is 1.16 bits per heavy atom. The zero-order valence-corrected chi connectivity index (χ0v) is 13.9. The Hall–Kier alpha value is -0.610. The monoisotopic (exact) mass is 278 g/mol. The van der Waals surface area contributed by atoms with Gasteiger partial charge in [0.25, 0.3) is 0 Å². The van der Waals surface area contributed by atoms with Gasteiger partial charge in [-0.05, 0) is 63.1 Å². The van der Waals surface area contributed by atoms with E-state index in [0.29, 0.717) is 0 Å². The van der Waals surface area contributed by atoms with Gasteiger partial charge >= 0.3 is 0 Å². The summed E-state index contributed by atoms with van der Waals surface area (Å²) in [5.74, 6) is 1.65. The zero-order valence-electron chi connectivity index (χ0n) is 12.7. The van der Waals surface area contributed by atoms with Crippen LogP contribution in [0, 0.1) is 12.8 Å². The van der Waals surface area contributed by atoms with E-state index >= 15 is 0 Å². The fourth-order valence-corrected chi connectivity index (χ4v) is 2.76. The molecule has 0 bridgehead atoms. The van der Waals surface area contributed by atoms with Crippen molar-refractivity contribution in [3.05, 3.63) is 47.5 Å². The minimum absolute atomic E-state index is 0. The quantitative estimate of drug-likeness (QED) is 0.461. The van der Waals surface area contributed by atoms with E-state index < -0.39 is 0 Å². The summed E-state index contributed by atoms with van der Waals surface area (Å²) in [5.41, 5.74) is 2.91. The van der Waals surface area contributed by atoms with Gasteiger partial charge in [-0.15, -0.1) is 9.24 Å². The lowest BCUT2D eigenvalue weighted by Gasteiger charge is -2.27. The van der Waals surface area contributed by atoms with Crippen molar-refractivity contribution in [1.82, 2.24) is 0 Å². The maximum Gasteiger partial charge on any atom is 0 e. The first-order chi connectivity index (χ1) is 9.21. The van der Waals surface area contributed by atoms with E-state index in [9.17, 15) is 0 Å². The lowest BCUT2D eigenvalue weighted by molar-refractivity contribution is 0.375. The van der Waals surface area contributed by atoms with Crippen molar-refractivity contribution in [2.75, 3.05) is 6.16 Å². The predicted octanol–water partition coefficient (Wildman–Crippen LogP) is 5.97. The molecular formula is C18H31P. The molecule has 1 atom stereocenters. The van der Waals surface area contributed by atoms with Crippen LogP contribution in [-0.2, 0) is 0 Å². The summed E-state index contributed by atoms with van der Waals surface area (Å²) in [5, 5.41) is 0. The second-order valence-corrected chi connectivity index (χ2v) is 6.27. The van der Waals surface area contributed by atoms with E-state index in [-0.39, 0.29) is 1.43 Å². The van der Waals surface area contributed by atoms with Crippen molar-refractivity contribution >= 4 is 9.24 Å². The van der Waals surface area contributed by atoms with Gasteiger partial charge in [-0.1, -0.05) is 48.9 Å². The molecule has 0 nitrogen and oxygen atoms in total. The van der Waals surface area contributed by atoms with Gasteiger partial charge in [-0.2, -0.15) is 0 Å². The van der Waals surface area contributed by atoms with E-state index in [1.807, 2.05) is 0 Å². The second-order valence-electron chi connectivity index (χ2n) is 5.46. The van der Waals surface area contributed by atoms with Crippen LogP contribution in [0.25, 0.3) is 0 Å². The highest BCUT2D eigenvalue weighted by molar-refractivity contribution is 7.16. The molecule has 0 N–H and O–H groups in total. The smallest absolute Gasteiger partial charge is 0 e. The molecule has 1 aromatic carbocycles. The Bertz CT molecular complexity index is 362. The number of rotatable bonds is 2. The van der Waals surface area contributed by atoms with Crippen LogP contribution >= 0.6 is 9.24 Å². The SMILES string of the molecule is C/C=C/C1CCC(c2ccc(C)cc2)CC1.CCP.[HH]. The van der Waals surface area contributed by atoms with Crippen molar-refractivity contribution in [2.24, 2.45) is 5.92 Å². The second kappa shape index (κ2) is 9.32. The molecule has 1 unspecified atom stereocenters. The third kappa shape index (κ3) is 5.91. The van der Waals surface area contributed by atoms with Gasteiger partial charge in [0.1, 0.15) is 0 Å². The molecule has 1 aromatic rings. The number of aryl methyl sites for hydroxylation is 1. The van der Waals surface area contributed by atoms with Crippen molar-refractivity contribution in [1.29, 1.82) is 0 Å². The van der Waals surface area contributed by atoms with Crippen LogP contribution in [0.1, 0.15) is 58.0 Å². The standard InChI is InChI=1S/C16H22.C2H7P.H2/c1-3-4-14-7-11-16(12-8-14)15-9-5-13(2)6-10-15;1-2-3;/h3-6,9-10,14,16H,7-8,11-12H2,1-2H3;2-3H2,1H3;1H/b4-3+;;. The molecule has 0 spiro atoms. The third-order valence-electron chi connectivity index (χ3n) is 3.79. The summed E-state index contributed by atoms with van der Waals surface area (Å²) in [6.45, 7) is 6.38. The first-order valence-electron chi connectivity index (χ1n) is 7.60. The van der Waals surface area contributed by atoms with Crippen molar-refractivity contribution in [3.8, 4) is 0 Å². The molecule has 1 heteroatoms. The molecule has 108 valence electrons. The van der Waals surface area contributed by atoms with E-state index in [0.717, 1.165) is 11.8 Å². The first kappa shape index (κ1) is 16.4. The average Bonchev–Trinajstić information content (AvgIpc) is 2.42. The summed E-state index contributed by atoms with van der Waals surface area (Å²) in [6, 6.07) is 9.12. The molecule has 19 heavy (non-hydrogen) atoms. The van der Waals surface area contributed by atoms with Gasteiger partial charge in [0.15, 0.2) is 0 Å². The minimum atomic E-state index is 0. The van der Waals surface area contributed by atoms with Crippen LogP contribution in [0.15, 0.2) is 36.4 Å². The van der Waals surface area contributed by atoms with Crippen molar-refractivity contribution in [3.63, 3.8) is 0 Å². The molecule has 0 radical (unpaired) electrons. The summed E-state index contributed by atoms with van der Waals surface area (Å²) in [7, 11) is 2.58. The molecule has 1 saturated carbocycles. The number of hydrogen-bond donors (Lipinski definition) is 0. The molecule has 0 saturated heterocycles.